The summed E-state index contributed by atoms with van der Waals surface area (Å²) >= 11 is 15.8. The summed E-state index contributed by atoms with van der Waals surface area (Å²) in [4.78, 5) is 12.9. The molecule has 0 aliphatic rings. The summed E-state index contributed by atoms with van der Waals surface area (Å²) in [5, 5.41) is 13.5. The van der Waals surface area contributed by atoms with Crippen molar-refractivity contribution >= 4 is 56.8 Å². The third-order valence-electron chi connectivity index (χ3n) is 5.76. The van der Waals surface area contributed by atoms with E-state index in [-0.39, 0.29) is 12.2 Å². The number of carbonyl (C=O) groups excluding carboxylic acids is 1. The monoisotopic (exact) mass is 650 g/mol. The average Bonchev–Trinajstić information content (AvgIpc) is 2.96. The quantitative estimate of drug-likeness (QED) is 0.129. The topological polar surface area (TPSA) is 80.6 Å². The lowest BCUT2D eigenvalue weighted by Crippen LogP contribution is -2.13. The van der Waals surface area contributed by atoms with Crippen LogP contribution in [0, 0.1) is 11.3 Å². The van der Waals surface area contributed by atoms with Gasteiger partial charge in [-0.15, -0.1) is 0 Å². The van der Waals surface area contributed by atoms with E-state index in [0.717, 1.165) is 11.1 Å². The second-order valence-electron chi connectivity index (χ2n) is 8.71. The molecule has 0 heterocycles. The van der Waals surface area contributed by atoms with Crippen molar-refractivity contribution in [3.63, 3.8) is 0 Å². The molecular weight excluding hydrogens is 627 g/mol. The second-order valence-corrected chi connectivity index (χ2v) is 10.4. The van der Waals surface area contributed by atoms with E-state index in [1.54, 1.807) is 54.6 Å². The van der Waals surface area contributed by atoms with Crippen molar-refractivity contribution < 1.29 is 19.0 Å². The van der Waals surface area contributed by atoms with Crippen LogP contribution in [0.5, 0.6) is 17.2 Å². The van der Waals surface area contributed by atoms with Crippen LogP contribution in [-0.2, 0) is 18.0 Å². The van der Waals surface area contributed by atoms with Gasteiger partial charge in [0.15, 0.2) is 11.5 Å². The number of rotatable bonds is 11. The molecule has 4 rings (SSSR count). The van der Waals surface area contributed by atoms with Crippen LogP contribution in [0.2, 0.25) is 10.0 Å². The van der Waals surface area contributed by atoms with Gasteiger partial charge in [-0.2, -0.15) is 5.26 Å². The second kappa shape index (κ2) is 14.6. The maximum absolute atomic E-state index is 12.9. The molecule has 0 aliphatic carbocycles. The molecule has 208 valence electrons. The van der Waals surface area contributed by atoms with Crippen LogP contribution in [0.3, 0.4) is 0 Å². The Kier molecular flexibility index (Phi) is 10.7. The standard InChI is InChI=1S/C32H25BrCl2N2O4/c1-2-39-30-16-22(15-28(33)31(30)41-20-23-8-9-25(34)17-29(23)35)14-24(18-36)32(38)37-26-10-12-27(13-11-26)40-19-21-6-4-3-5-7-21/h3-17H,2,19-20H2,1H3,(H,37,38)/b24-14+. The first-order valence-corrected chi connectivity index (χ1v) is 14.1. The molecule has 0 unspecified atom stereocenters. The summed E-state index contributed by atoms with van der Waals surface area (Å²) in [6, 6.07) is 27.4. The number of benzene rings is 4. The number of hydrogen-bond acceptors (Lipinski definition) is 5. The zero-order valence-electron chi connectivity index (χ0n) is 22.0. The highest BCUT2D eigenvalue weighted by Crippen LogP contribution is 2.38. The molecule has 0 aromatic heterocycles. The summed E-state index contributed by atoms with van der Waals surface area (Å²) in [5.74, 6) is 1.03. The van der Waals surface area contributed by atoms with Crippen LogP contribution in [-0.4, -0.2) is 12.5 Å². The van der Waals surface area contributed by atoms with Gasteiger partial charge < -0.3 is 19.5 Å². The Bertz CT molecular complexity index is 1590. The van der Waals surface area contributed by atoms with Gasteiger partial charge in [0.1, 0.15) is 30.6 Å². The molecule has 9 heteroatoms. The maximum Gasteiger partial charge on any atom is 0.266 e. The normalized spacial score (nSPS) is 11.0. The molecule has 4 aromatic carbocycles. The minimum absolute atomic E-state index is 0.0784. The highest BCUT2D eigenvalue weighted by molar-refractivity contribution is 9.10. The van der Waals surface area contributed by atoms with Crippen molar-refractivity contribution in [2.24, 2.45) is 0 Å². The number of nitriles is 1. The Morgan fingerprint density at radius 2 is 1.71 bits per heavy atom. The van der Waals surface area contributed by atoms with Crippen LogP contribution in [0.15, 0.2) is 95.0 Å². The van der Waals surface area contributed by atoms with Gasteiger partial charge in [0.05, 0.1) is 11.1 Å². The summed E-state index contributed by atoms with van der Waals surface area (Å²) in [6.45, 7) is 2.86. The van der Waals surface area contributed by atoms with E-state index in [0.29, 0.717) is 56.2 Å². The van der Waals surface area contributed by atoms with Gasteiger partial charge in [-0.3, -0.25) is 4.79 Å². The lowest BCUT2D eigenvalue weighted by molar-refractivity contribution is -0.112. The molecule has 6 nitrogen and oxygen atoms in total. The third-order valence-corrected chi connectivity index (χ3v) is 6.93. The molecular formula is C32H25BrCl2N2O4. The van der Waals surface area contributed by atoms with Crippen LogP contribution in [0.1, 0.15) is 23.6 Å². The fourth-order valence-electron chi connectivity index (χ4n) is 3.75. The first-order chi connectivity index (χ1) is 19.9. The third kappa shape index (κ3) is 8.51. The van der Waals surface area contributed by atoms with Gasteiger partial charge in [0.25, 0.3) is 5.91 Å². The van der Waals surface area contributed by atoms with Gasteiger partial charge in [-0.05, 0) is 88.6 Å². The first-order valence-electron chi connectivity index (χ1n) is 12.6. The lowest BCUT2D eigenvalue weighted by atomic mass is 10.1. The minimum atomic E-state index is -0.544. The Morgan fingerprint density at radius 3 is 2.39 bits per heavy atom. The van der Waals surface area contributed by atoms with Crippen LogP contribution >= 0.6 is 39.1 Å². The summed E-state index contributed by atoms with van der Waals surface area (Å²) in [7, 11) is 0. The first kappa shape index (κ1) is 30.0. The number of ether oxygens (including phenoxy) is 3. The van der Waals surface area contributed by atoms with E-state index >= 15 is 0 Å². The van der Waals surface area contributed by atoms with E-state index in [1.807, 2.05) is 43.3 Å². The number of carbonyl (C=O) groups is 1. The Hall–Kier alpha value is -3.96. The van der Waals surface area contributed by atoms with Gasteiger partial charge in [-0.1, -0.05) is 59.6 Å². The lowest BCUT2D eigenvalue weighted by Gasteiger charge is -2.15. The van der Waals surface area contributed by atoms with Crippen molar-refractivity contribution in [2.75, 3.05) is 11.9 Å². The summed E-state index contributed by atoms with van der Waals surface area (Å²) < 4.78 is 18.2. The Labute approximate surface area is 257 Å². The molecule has 0 spiro atoms. The van der Waals surface area contributed by atoms with E-state index in [4.69, 9.17) is 37.4 Å². The van der Waals surface area contributed by atoms with Crippen molar-refractivity contribution in [2.45, 2.75) is 20.1 Å². The molecule has 1 N–H and O–H groups in total. The van der Waals surface area contributed by atoms with E-state index in [1.165, 1.54) is 6.08 Å². The highest BCUT2D eigenvalue weighted by Gasteiger charge is 2.15. The molecule has 1 amide bonds. The van der Waals surface area contributed by atoms with E-state index in [2.05, 4.69) is 21.2 Å². The minimum Gasteiger partial charge on any atom is -0.490 e. The molecule has 0 fully saturated rings. The molecule has 41 heavy (non-hydrogen) atoms. The molecule has 0 aliphatic heterocycles. The maximum atomic E-state index is 12.9. The smallest absolute Gasteiger partial charge is 0.266 e. The highest BCUT2D eigenvalue weighted by atomic mass is 79.9. The Morgan fingerprint density at radius 1 is 0.951 bits per heavy atom. The van der Waals surface area contributed by atoms with Crippen LogP contribution < -0.4 is 19.5 Å². The number of halogens is 3. The predicted octanol–water partition coefficient (Wildman–Crippen LogP) is 8.86. The zero-order valence-corrected chi connectivity index (χ0v) is 25.1. The average molecular weight is 652 g/mol. The van der Waals surface area contributed by atoms with Gasteiger partial charge >= 0.3 is 0 Å². The number of nitrogens with zero attached hydrogens (tertiary/aromatic N) is 1. The summed E-state index contributed by atoms with van der Waals surface area (Å²) in [6.07, 6.45) is 1.49. The van der Waals surface area contributed by atoms with E-state index in [9.17, 15) is 10.1 Å². The molecule has 0 saturated heterocycles. The number of nitrogens with one attached hydrogen (secondary N) is 1. The predicted molar refractivity (Wildman–Crippen MR) is 166 cm³/mol. The number of hydrogen-bond donors (Lipinski definition) is 1. The van der Waals surface area contributed by atoms with Gasteiger partial charge in [0, 0.05) is 21.3 Å². The van der Waals surface area contributed by atoms with Crippen molar-refractivity contribution in [3.05, 3.63) is 122 Å². The SMILES string of the molecule is CCOc1cc(/C=C(\C#N)C(=O)Nc2ccc(OCc3ccccc3)cc2)cc(Br)c1OCc1ccc(Cl)cc1Cl. The molecule has 0 radical (unpaired) electrons. The van der Waals surface area contributed by atoms with Crippen molar-refractivity contribution in [1.82, 2.24) is 0 Å². The Balaban J connectivity index is 1.45. The van der Waals surface area contributed by atoms with Gasteiger partial charge in [0.2, 0.25) is 0 Å². The fraction of sp³-hybridized carbons (Fsp3) is 0.125. The molecule has 0 bridgehead atoms. The fourth-order valence-corrected chi connectivity index (χ4v) is 4.79. The number of anilines is 1. The molecule has 0 saturated carbocycles. The van der Waals surface area contributed by atoms with Crippen molar-refractivity contribution in [3.8, 4) is 23.3 Å². The molecule has 0 atom stereocenters. The largest absolute Gasteiger partial charge is 0.490 e. The molecule has 4 aromatic rings. The van der Waals surface area contributed by atoms with Crippen LogP contribution in [0.25, 0.3) is 6.08 Å². The summed E-state index contributed by atoms with van der Waals surface area (Å²) in [5.41, 5.74) is 2.84. The van der Waals surface area contributed by atoms with Crippen molar-refractivity contribution in [1.29, 1.82) is 5.26 Å². The van der Waals surface area contributed by atoms with Crippen LogP contribution in [0.4, 0.5) is 5.69 Å². The van der Waals surface area contributed by atoms with Gasteiger partial charge in [-0.25, -0.2) is 0 Å². The zero-order chi connectivity index (χ0) is 29.2. The van der Waals surface area contributed by atoms with E-state index < -0.39 is 5.91 Å². The number of amides is 1.